The molecule has 1 saturated heterocycles. The summed E-state index contributed by atoms with van der Waals surface area (Å²) in [5, 5.41) is 1.37. The topological polar surface area (TPSA) is 21.1 Å². The number of piperidine rings is 1. The van der Waals surface area contributed by atoms with Crippen molar-refractivity contribution in [3.8, 4) is 0 Å². The molecule has 3 aromatic rings. The van der Waals surface area contributed by atoms with Crippen molar-refractivity contribution in [1.29, 1.82) is 0 Å². The predicted octanol–water partition coefficient (Wildman–Crippen LogP) is 5.87. The molecule has 0 aliphatic carbocycles. The summed E-state index contributed by atoms with van der Waals surface area (Å²) >= 11 is 0. The van der Waals surface area contributed by atoms with Crippen LogP contribution in [0.25, 0.3) is 10.9 Å². The molecule has 0 unspecified atom stereocenters. The molecule has 0 bridgehead atoms. The van der Waals surface area contributed by atoms with E-state index in [9.17, 15) is 0 Å². The van der Waals surface area contributed by atoms with Crippen LogP contribution in [0.4, 0.5) is 5.82 Å². The van der Waals surface area contributed by atoms with Crippen molar-refractivity contribution in [3.63, 3.8) is 0 Å². The van der Waals surface area contributed by atoms with Gasteiger partial charge in [-0.1, -0.05) is 37.3 Å². The Morgan fingerprint density at radius 3 is 2.41 bits per heavy atom. The SMILES string of the molecule is CCCn1c(C)c(C)c2ccnc(N3CCC(c4ccccc4)CC3)c21.Cl. The fourth-order valence-electron chi connectivity index (χ4n) is 4.46. The van der Waals surface area contributed by atoms with Crippen LogP contribution in [-0.4, -0.2) is 22.6 Å². The monoisotopic (exact) mass is 383 g/mol. The lowest BCUT2D eigenvalue weighted by Gasteiger charge is -2.33. The van der Waals surface area contributed by atoms with Gasteiger partial charge in [0.2, 0.25) is 0 Å². The zero-order valence-electron chi connectivity index (χ0n) is 16.6. The number of fused-ring (bicyclic) bond motifs is 1. The number of aromatic nitrogens is 2. The molecule has 144 valence electrons. The van der Waals surface area contributed by atoms with Crippen molar-refractivity contribution in [2.45, 2.75) is 52.5 Å². The van der Waals surface area contributed by atoms with Crippen molar-refractivity contribution < 1.29 is 0 Å². The van der Waals surface area contributed by atoms with E-state index >= 15 is 0 Å². The zero-order chi connectivity index (χ0) is 18.1. The Hall–Kier alpha value is -2.00. The molecule has 27 heavy (non-hydrogen) atoms. The number of rotatable bonds is 4. The normalized spacial score (nSPS) is 15.1. The minimum absolute atomic E-state index is 0. The number of aryl methyl sites for hydroxylation is 2. The molecule has 0 spiro atoms. The summed E-state index contributed by atoms with van der Waals surface area (Å²) < 4.78 is 2.48. The number of benzene rings is 1. The number of halogens is 1. The van der Waals surface area contributed by atoms with Crippen LogP contribution in [0.1, 0.15) is 48.9 Å². The van der Waals surface area contributed by atoms with Gasteiger partial charge < -0.3 is 9.47 Å². The van der Waals surface area contributed by atoms with Gasteiger partial charge in [-0.15, -0.1) is 12.4 Å². The summed E-state index contributed by atoms with van der Waals surface area (Å²) in [6, 6.07) is 13.2. The van der Waals surface area contributed by atoms with Gasteiger partial charge in [-0.2, -0.15) is 0 Å². The molecule has 2 aromatic heterocycles. The van der Waals surface area contributed by atoms with E-state index in [4.69, 9.17) is 4.98 Å². The second-order valence-electron chi connectivity index (χ2n) is 7.56. The summed E-state index contributed by atoms with van der Waals surface area (Å²) in [4.78, 5) is 7.34. The third kappa shape index (κ3) is 3.58. The van der Waals surface area contributed by atoms with E-state index in [-0.39, 0.29) is 12.4 Å². The molecule has 1 aliphatic rings. The Morgan fingerprint density at radius 2 is 1.74 bits per heavy atom. The molecule has 0 amide bonds. The van der Waals surface area contributed by atoms with E-state index in [1.165, 1.54) is 46.4 Å². The lowest BCUT2D eigenvalue weighted by atomic mass is 9.89. The van der Waals surface area contributed by atoms with Crippen molar-refractivity contribution in [2.75, 3.05) is 18.0 Å². The van der Waals surface area contributed by atoms with E-state index in [0.29, 0.717) is 5.92 Å². The highest BCUT2D eigenvalue weighted by Gasteiger charge is 2.24. The van der Waals surface area contributed by atoms with Crippen LogP contribution in [-0.2, 0) is 6.54 Å². The maximum atomic E-state index is 4.83. The first-order chi connectivity index (χ1) is 12.7. The molecule has 0 radical (unpaired) electrons. The van der Waals surface area contributed by atoms with Gasteiger partial charge >= 0.3 is 0 Å². The maximum absolute atomic E-state index is 4.83. The van der Waals surface area contributed by atoms with Crippen LogP contribution in [0.15, 0.2) is 42.6 Å². The predicted molar refractivity (Wildman–Crippen MR) is 117 cm³/mol. The van der Waals surface area contributed by atoms with Gasteiger partial charge in [-0.05, 0) is 56.2 Å². The molecule has 3 nitrogen and oxygen atoms in total. The lowest BCUT2D eigenvalue weighted by Crippen LogP contribution is -2.33. The highest BCUT2D eigenvalue weighted by molar-refractivity contribution is 5.93. The number of pyridine rings is 1. The molecule has 4 rings (SSSR count). The number of nitrogens with zero attached hydrogens (tertiary/aromatic N) is 3. The summed E-state index contributed by atoms with van der Waals surface area (Å²) in [6.45, 7) is 9.98. The van der Waals surface area contributed by atoms with E-state index in [1.807, 2.05) is 6.20 Å². The third-order valence-corrected chi connectivity index (χ3v) is 6.04. The third-order valence-electron chi connectivity index (χ3n) is 6.04. The van der Waals surface area contributed by atoms with Crippen LogP contribution in [0.3, 0.4) is 0 Å². The molecule has 4 heteroatoms. The van der Waals surface area contributed by atoms with Crippen molar-refractivity contribution in [3.05, 3.63) is 59.4 Å². The van der Waals surface area contributed by atoms with Gasteiger partial charge in [0.05, 0.1) is 5.52 Å². The fourth-order valence-corrected chi connectivity index (χ4v) is 4.46. The largest absolute Gasteiger partial charge is 0.355 e. The van der Waals surface area contributed by atoms with Crippen molar-refractivity contribution >= 4 is 29.1 Å². The first-order valence-corrected chi connectivity index (χ1v) is 9.95. The average molecular weight is 384 g/mol. The van der Waals surface area contributed by atoms with Gasteiger partial charge in [0.25, 0.3) is 0 Å². The lowest BCUT2D eigenvalue weighted by molar-refractivity contribution is 0.503. The highest BCUT2D eigenvalue weighted by atomic mass is 35.5. The minimum Gasteiger partial charge on any atom is -0.355 e. The fraction of sp³-hybridized carbons (Fsp3) is 0.435. The molecule has 3 heterocycles. The summed E-state index contributed by atoms with van der Waals surface area (Å²) in [5.41, 5.74) is 5.61. The van der Waals surface area contributed by atoms with Crippen molar-refractivity contribution in [1.82, 2.24) is 9.55 Å². The van der Waals surface area contributed by atoms with Gasteiger partial charge in [0.15, 0.2) is 5.82 Å². The van der Waals surface area contributed by atoms with Gasteiger partial charge in [-0.25, -0.2) is 4.98 Å². The number of anilines is 1. The second-order valence-corrected chi connectivity index (χ2v) is 7.56. The molecule has 1 aromatic carbocycles. The Kier molecular flexibility index (Phi) is 6.11. The summed E-state index contributed by atoms with van der Waals surface area (Å²) in [7, 11) is 0. The van der Waals surface area contributed by atoms with Gasteiger partial charge in [0.1, 0.15) is 0 Å². The van der Waals surface area contributed by atoms with Crippen molar-refractivity contribution in [2.24, 2.45) is 0 Å². The summed E-state index contributed by atoms with van der Waals surface area (Å²) in [6.07, 6.45) is 5.54. The molecule has 0 atom stereocenters. The number of hydrogen-bond acceptors (Lipinski definition) is 2. The van der Waals surface area contributed by atoms with Gasteiger partial charge in [-0.3, -0.25) is 0 Å². The second kappa shape index (κ2) is 8.35. The Bertz CT molecular complexity index is 893. The number of hydrogen-bond donors (Lipinski definition) is 0. The Labute approximate surface area is 168 Å². The van der Waals surface area contributed by atoms with Crippen LogP contribution in [0.2, 0.25) is 0 Å². The van der Waals surface area contributed by atoms with E-state index in [0.717, 1.165) is 26.1 Å². The molecular weight excluding hydrogens is 354 g/mol. The molecule has 0 N–H and O–H groups in total. The first-order valence-electron chi connectivity index (χ1n) is 9.95. The molecule has 0 saturated carbocycles. The van der Waals surface area contributed by atoms with E-state index in [2.05, 4.69) is 66.6 Å². The molecule has 1 aliphatic heterocycles. The smallest absolute Gasteiger partial charge is 0.153 e. The average Bonchev–Trinajstić information content (AvgIpc) is 2.94. The molecular formula is C23H30ClN3. The summed E-state index contributed by atoms with van der Waals surface area (Å²) in [5.74, 6) is 1.86. The van der Waals surface area contributed by atoms with Crippen LogP contribution in [0.5, 0.6) is 0 Å². The zero-order valence-corrected chi connectivity index (χ0v) is 17.4. The minimum atomic E-state index is 0. The standard InChI is InChI=1S/C23H29N3.ClH/c1-4-14-26-18(3)17(2)21-10-13-24-23(22(21)26)25-15-11-20(12-16-25)19-8-6-5-7-9-19;/h5-10,13,20H,4,11-12,14-16H2,1-3H3;1H. The first kappa shape index (κ1) is 19.8. The van der Waals surface area contributed by atoms with Gasteiger partial charge in [0, 0.05) is 36.9 Å². The van der Waals surface area contributed by atoms with Crippen LogP contribution < -0.4 is 4.90 Å². The van der Waals surface area contributed by atoms with E-state index < -0.39 is 0 Å². The quantitative estimate of drug-likeness (QED) is 0.561. The van der Waals surface area contributed by atoms with E-state index in [1.54, 1.807) is 0 Å². The maximum Gasteiger partial charge on any atom is 0.153 e. The van der Waals surface area contributed by atoms with Crippen LogP contribution in [0, 0.1) is 13.8 Å². The molecule has 1 fully saturated rings. The Morgan fingerprint density at radius 1 is 1.04 bits per heavy atom. The highest BCUT2D eigenvalue weighted by Crippen LogP contribution is 2.35. The van der Waals surface area contributed by atoms with Crippen LogP contribution >= 0.6 is 12.4 Å². The Balaban J connectivity index is 0.00000210.